The topological polar surface area (TPSA) is 125 Å². The minimum absolute atomic E-state index is 0.0128. The van der Waals surface area contributed by atoms with Gasteiger partial charge in [-0.05, 0) is 12.1 Å². The molecule has 0 aromatic carbocycles. The van der Waals surface area contributed by atoms with E-state index in [0.717, 1.165) is 0 Å². The number of hydrogen-bond donors (Lipinski definition) is 2. The highest BCUT2D eigenvalue weighted by Crippen LogP contribution is 2.02. The predicted molar refractivity (Wildman–Crippen MR) is 70.9 cm³/mol. The molecule has 22 heavy (non-hydrogen) atoms. The van der Waals surface area contributed by atoms with E-state index in [1.165, 1.54) is 29.2 Å². The predicted octanol–water partition coefficient (Wildman–Crippen LogP) is -0.163. The van der Waals surface area contributed by atoms with Gasteiger partial charge in [-0.3, -0.25) is 9.78 Å². The maximum absolute atomic E-state index is 13.4. The van der Waals surface area contributed by atoms with Crippen LogP contribution in [0, 0.1) is 5.82 Å². The first kappa shape index (κ1) is 15.4. The molecule has 2 aromatic heterocycles. The van der Waals surface area contributed by atoms with E-state index in [-0.39, 0.29) is 31.1 Å². The summed E-state index contributed by atoms with van der Waals surface area (Å²) in [5, 5.41) is 9.84. The van der Waals surface area contributed by atoms with Crippen molar-refractivity contribution in [3.8, 4) is 0 Å². The van der Waals surface area contributed by atoms with Crippen molar-refractivity contribution < 1.29 is 18.7 Å². The summed E-state index contributed by atoms with van der Waals surface area (Å²) in [4.78, 5) is 26.1. The lowest BCUT2D eigenvalue weighted by molar-refractivity contribution is 0.0944. The summed E-state index contributed by atoms with van der Waals surface area (Å²) in [6.45, 7) is 0.153. The number of ether oxygens (including phenoxy) is 1. The van der Waals surface area contributed by atoms with Crippen LogP contribution in [-0.4, -0.2) is 38.6 Å². The van der Waals surface area contributed by atoms with Gasteiger partial charge in [0.25, 0.3) is 5.91 Å². The van der Waals surface area contributed by atoms with Crippen molar-refractivity contribution in [3.05, 3.63) is 41.7 Å². The van der Waals surface area contributed by atoms with E-state index in [9.17, 15) is 14.0 Å². The Kier molecular flexibility index (Phi) is 4.96. The smallest absolute Gasteiger partial charge is 0.404 e. The normalized spacial score (nSPS) is 10.2. The van der Waals surface area contributed by atoms with Gasteiger partial charge in [-0.1, -0.05) is 5.21 Å². The Hall–Kier alpha value is -3.04. The van der Waals surface area contributed by atoms with Gasteiger partial charge >= 0.3 is 6.09 Å². The van der Waals surface area contributed by atoms with Crippen molar-refractivity contribution in [2.75, 3.05) is 6.61 Å². The zero-order valence-corrected chi connectivity index (χ0v) is 11.4. The molecule has 2 aromatic rings. The van der Waals surface area contributed by atoms with Crippen LogP contribution >= 0.6 is 0 Å². The van der Waals surface area contributed by atoms with Gasteiger partial charge in [-0.25, -0.2) is 13.9 Å². The van der Waals surface area contributed by atoms with Gasteiger partial charge < -0.3 is 15.8 Å². The Bertz CT molecular complexity index is 674. The number of halogens is 1. The van der Waals surface area contributed by atoms with Crippen molar-refractivity contribution >= 4 is 12.0 Å². The summed E-state index contributed by atoms with van der Waals surface area (Å²) in [6.07, 6.45) is 1.91. The summed E-state index contributed by atoms with van der Waals surface area (Å²) >= 11 is 0. The van der Waals surface area contributed by atoms with Gasteiger partial charge in [-0.15, -0.1) is 5.10 Å². The largest absolute Gasteiger partial charge is 0.448 e. The standard InChI is InChI=1S/C12H13FN6O3/c13-8-2-1-3-15-9(8)6-16-11(20)10-7-19(18-17-10)4-5-22-12(14)21/h1-3,7H,4-6H2,(H2,14,21)(H,16,20). The highest BCUT2D eigenvalue weighted by molar-refractivity contribution is 5.91. The fraction of sp³-hybridized carbons (Fsp3) is 0.250. The number of nitrogens with two attached hydrogens (primary N) is 1. The molecule has 2 amide bonds. The first-order chi connectivity index (χ1) is 10.6. The van der Waals surface area contributed by atoms with Crippen LogP contribution in [0.2, 0.25) is 0 Å². The summed E-state index contributed by atoms with van der Waals surface area (Å²) in [7, 11) is 0. The molecule has 2 heterocycles. The first-order valence-corrected chi connectivity index (χ1v) is 6.26. The van der Waals surface area contributed by atoms with Crippen molar-refractivity contribution in [2.45, 2.75) is 13.1 Å². The maximum atomic E-state index is 13.4. The lowest BCUT2D eigenvalue weighted by Gasteiger charge is -2.03. The molecule has 0 bridgehead atoms. The lowest BCUT2D eigenvalue weighted by atomic mass is 10.3. The Morgan fingerprint density at radius 3 is 3.00 bits per heavy atom. The Morgan fingerprint density at radius 1 is 1.45 bits per heavy atom. The molecule has 0 unspecified atom stereocenters. The number of hydrogen-bond acceptors (Lipinski definition) is 6. The summed E-state index contributed by atoms with van der Waals surface area (Å²) < 4.78 is 19.2. The molecule has 0 aliphatic carbocycles. The van der Waals surface area contributed by atoms with Crippen LogP contribution in [0.15, 0.2) is 24.5 Å². The fourth-order valence-electron chi connectivity index (χ4n) is 1.55. The second-order valence-electron chi connectivity index (χ2n) is 4.15. The molecule has 0 aliphatic rings. The Balaban J connectivity index is 1.86. The van der Waals surface area contributed by atoms with Crippen LogP contribution in [0.1, 0.15) is 16.2 Å². The summed E-state index contributed by atoms with van der Waals surface area (Å²) in [6, 6.07) is 2.71. The zero-order chi connectivity index (χ0) is 15.9. The number of nitrogens with zero attached hydrogens (tertiary/aromatic N) is 4. The number of carbonyl (C=O) groups excluding carboxylic acids is 2. The summed E-state index contributed by atoms with van der Waals surface area (Å²) in [5.74, 6) is -1.03. The second-order valence-corrected chi connectivity index (χ2v) is 4.15. The van der Waals surface area contributed by atoms with Crippen LogP contribution in [0.4, 0.5) is 9.18 Å². The van der Waals surface area contributed by atoms with Gasteiger partial charge in [0, 0.05) is 6.20 Å². The average molecular weight is 308 g/mol. The molecule has 0 atom stereocenters. The summed E-state index contributed by atoms with van der Waals surface area (Å²) in [5.41, 5.74) is 4.98. The number of rotatable bonds is 6. The monoisotopic (exact) mass is 308 g/mol. The van der Waals surface area contributed by atoms with Gasteiger partial charge in [0.15, 0.2) is 5.69 Å². The SMILES string of the molecule is NC(=O)OCCn1cc(C(=O)NCc2ncccc2F)nn1. The van der Waals surface area contributed by atoms with Crippen LogP contribution in [0.5, 0.6) is 0 Å². The minimum atomic E-state index is -0.893. The number of aromatic nitrogens is 4. The van der Waals surface area contributed by atoms with E-state index in [2.05, 4.69) is 25.3 Å². The highest BCUT2D eigenvalue weighted by atomic mass is 19.1. The molecule has 0 fully saturated rings. The van der Waals surface area contributed by atoms with E-state index < -0.39 is 17.8 Å². The van der Waals surface area contributed by atoms with Crippen LogP contribution < -0.4 is 11.1 Å². The highest BCUT2D eigenvalue weighted by Gasteiger charge is 2.12. The molecule has 0 aliphatic heterocycles. The number of nitrogens with one attached hydrogen (secondary N) is 1. The fourth-order valence-corrected chi connectivity index (χ4v) is 1.55. The van der Waals surface area contributed by atoms with Crippen LogP contribution in [0.3, 0.4) is 0 Å². The van der Waals surface area contributed by atoms with Gasteiger partial charge in [0.05, 0.1) is 25.0 Å². The number of primary amides is 1. The molecule has 0 radical (unpaired) electrons. The van der Waals surface area contributed by atoms with Crippen LogP contribution in [0.25, 0.3) is 0 Å². The van der Waals surface area contributed by atoms with Crippen molar-refractivity contribution in [1.29, 1.82) is 0 Å². The minimum Gasteiger partial charge on any atom is -0.448 e. The number of pyridine rings is 1. The third-order valence-electron chi connectivity index (χ3n) is 2.59. The van der Waals surface area contributed by atoms with E-state index in [0.29, 0.717) is 0 Å². The molecule has 0 saturated carbocycles. The molecule has 0 spiro atoms. The molecule has 9 nitrogen and oxygen atoms in total. The molecule has 2 rings (SSSR count). The average Bonchev–Trinajstić information content (AvgIpc) is 2.94. The molecular weight excluding hydrogens is 295 g/mol. The van der Waals surface area contributed by atoms with Gasteiger partial charge in [0.1, 0.15) is 12.4 Å². The maximum Gasteiger partial charge on any atom is 0.404 e. The van der Waals surface area contributed by atoms with Crippen LogP contribution in [-0.2, 0) is 17.8 Å². The first-order valence-electron chi connectivity index (χ1n) is 6.26. The van der Waals surface area contributed by atoms with E-state index in [1.54, 1.807) is 0 Å². The zero-order valence-electron chi connectivity index (χ0n) is 11.4. The lowest BCUT2D eigenvalue weighted by Crippen LogP contribution is -2.24. The quantitative estimate of drug-likeness (QED) is 0.763. The second kappa shape index (κ2) is 7.11. The van der Waals surface area contributed by atoms with Crippen molar-refractivity contribution in [1.82, 2.24) is 25.3 Å². The molecular formula is C12H13FN6O3. The Labute approximate surface area is 124 Å². The van der Waals surface area contributed by atoms with E-state index in [4.69, 9.17) is 5.73 Å². The third kappa shape index (κ3) is 4.23. The number of amides is 2. The van der Waals surface area contributed by atoms with Crippen molar-refractivity contribution in [3.63, 3.8) is 0 Å². The molecule has 0 saturated heterocycles. The van der Waals surface area contributed by atoms with Gasteiger partial charge in [0.2, 0.25) is 0 Å². The van der Waals surface area contributed by atoms with Crippen molar-refractivity contribution in [2.24, 2.45) is 5.73 Å². The number of carbonyl (C=O) groups is 2. The third-order valence-corrected chi connectivity index (χ3v) is 2.59. The van der Waals surface area contributed by atoms with E-state index >= 15 is 0 Å². The molecule has 116 valence electrons. The molecule has 3 N–H and O–H groups in total. The Morgan fingerprint density at radius 2 is 2.27 bits per heavy atom. The van der Waals surface area contributed by atoms with Gasteiger partial charge in [-0.2, -0.15) is 0 Å². The van der Waals surface area contributed by atoms with E-state index in [1.807, 2.05) is 0 Å². The molecule has 10 heteroatoms.